The molecule has 0 aromatic heterocycles. The van der Waals surface area contributed by atoms with Crippen LogP contribution in [0.25, 0.3) is 0 Å². The highest BCUT2D eigenvalue weighted by atomic mass is 16.6. The van der Waals surface area contributed by atoms with Crippen LogP contribution in [0, 0.1) is 0 Å². The highest BCUT2D eigenvalue weighted by Gasteiger charge is 2.20. The van der Waals surface area contributed by atoms with Gasteiger partial charge >= 0.3 is 17.9 Å². The Morgan fingerprint density at radius 2 is 1.81 bits per heavy atom. The predicted octanol–water partition coefficient (Wildman–Crippen LogP) is 0.459. The number of carbonyl (C=O) groups excluding carboxylic acids is 3. The molecule has 0 saturated heterocycles. The van der Waals surface area contributed by atoms with Crippen molar-refractivity contribution in [3.8, 4) is 0 Å². The normalized spacial score (nSPS) is 12.0. The fraction of sp³-hybridized carbons (Fsp3) is 0.786. The van der Waals surface area contributed by atoms with Crippen LogP contribution in [0.1, 0.15) is 39.0 Å². The van der Waals surface area contributed by atoms with Crippen molar-refractivity contribution < 1.29 is 23.9 Å². The van der Waals surface area contributed by atoms with Crippen LogP contribution in [0.3, 0.4) is 0 Å². The highest BCUT2D eigenvalue weighted by Crippen LogP contribution is 2.08. The van der Waals surface area contributed by atoms with Crippen molar-refractivity contribution in [2.75, 3.05) is 27.2 Å². The van der Waals surface area contributed by atoms with E-state index in [9.17, 15) is 14.4 Å². The summed E-state index contributed by atoms with van der Waals surface area (Å²) in [5.74, 6) is -1.65. The Balaban J connectivity index is 4.32. The summed E-state index contributed by atoms with van der Waals surface area (Å²) in [4.78, 5) is 36.3. The van der Waals surface area contributed by atoms with Gasteiger partial charge in [-0.05, 0) is 33.5 Å². The van der Waals surface area contributed by atoms with Crippen molar-refractivity contribution in [1.82, 2.24) is 4.90 Å². The molecule has 0 radical (unpaired) electrons. The molecular formula is C14H26N2O5. The summed E-state index contributed by atoms with van der Waals surface area (Å²) < 4.78 is 9.85. The van der Waals surface area contributed by atoms with Crippen molar-refractivity contribution in [1.29, 1.82) is 0 Å². The van der Waals surface area contributed by atoms with E-state index in [1.165, 1.54) is 0 Å². The van der Waals surface area contributed by atoms with E-state index in [1.807, 2.05) is 19.0 Å². The molecule has 0 amide bonds. The average molecular weight is 302 g/mol. The van der Waals surface area contributed by atoms with E-state index in [0.717, 1.165) is 0 Å². The first-order chi connectivity index (χ1) is 9.88. The van der Waals surface area contributed by atoms with Crippen molar-refractivity contribution in [2.45, 2.75) is 45.1 Å². The molecule has 0 rings (SSSR count). The molecule has 0 aromatic carbocycles. The van der Waals surface area contributed by atoms with E-state index < -0.39 is 18.0 Å². The second kappa shape index (κ2) is 11.2. The molecule has 0 aliphatic carbocycles. The minimum Gasteiger partial charge on any atom is -0.462 e. The van der Waals surface area contributed by atoms with E-state index in [-0.39, 0.29) is 25.2 Å². The highest BCUT2D eigenvalue weighted by molar-refractivity contribution is 5.85. The van der Waals surface area contributed by atoms with Gasteiger partial charge in [0.2, 0.25) is 0 Å². The Bertz CT molecular complexity index is 344. The molecule has 122 valence electrons. The van der Waals surface area contributed by atoms with Gasteiger partial charge in [-0.3, -0.25) is 14.4 Å². The van der Waals surface area contributed by atoms with Gasteiger partial charge < -0.3 is 20.1 Å². The Morgan fingerprint density at radius 3 is 2.33 bits per heavy atom. The monoisotopic (exact) mass is 302 g/mol. The fourth-order valence-corrected chi connectivity index (χ4v) is 1.53. The van der Waals surface area contributed by atoms with Crippen LogP contribution in [0.15, 0.2) is 0 Å². The molecule has 0 saturated carbocycles. The van der Waals surface area contributed by atoms with Crippen molar-refractivity contribution in [2.24, 2.45) is 5.73 Å². The molecule has 7 nitrogen and oxygen atoms in total. The maximum atomic E-state index is 11.7. The molecule has 0 aliphatic rings. The molecule has 21 heavy (non-hydrogen) atoms. The van der Waals surface area contributed by atoms with Crippen molar-refractivity contribution >= 4 is 17.9 Å². The Morgan fingerprint density at radius 1 is 1.14 bits per heavy atom. The zero-order valence-electron chi connectivity index (χ0n) is 13.1. The lowest BCUT2D eigenvalue weighted by molar-refractivity contribution is -0.163. The number of esters is 3. The lowest BCUT2D eigenvalue weighted by atomic mass is 10.2. The van der Waals surface area contributed by atoms with Crippen molar-refractivity contribution in [3.63, 3.8) is 0 Å². The van der Waals surface area contributed by atoms with E-state index >= 15 is 0 Å². The van der Waals surface area contributed by atoms with Crippen LogP contribution in [0.4, 0.5) is 0 Å². The smallest absolute Gasteiger partial charge is 0.317 e. The number of carbonyl (C=O) groups is 3. The van der Waals surface area contributed by atoms with Gasteiger partial charge in [0.1, 0.15) is 6.10 Å². The molecular weight excluding hydrogens is 276 g/mol. The number of rotatable bonds is 10. The van der Waals surface area contributed by atoms with Gasteiger partial charge in [0.25, 0.3) is 0 Å². The second-order valence-electron chi connectivity index (χ2n) is 5.00. The summed E-state index contributed by atoms with van der Waals surface area (Å²) >= 11 is 0. The maximum Gasteiger partial charge on any atom is 0.317 e. The van der Waals surface area contributed by atoms with Crippen LogP contribution in [0.5, 0.6) is 0 Å². The topological polar surface area (TPSA) is 98.9 Å². The average Bonchev–Trinajstić information content (AvgIpc) is 2.42. The zero-order valence-corrected chi connectivity index (χ0v) is 13.1. The first-order valence-corrected chi connectivity index (χ1v) is 7.16. The minimum atomic E-state index is -0.676. The lowest BCUT2D eigenvalue weighted by Gasteiger charge is -2.18. The van der Waals surface area contributed by atoms with E-state index in [1.54, 1.807) is 6.92 Å². The van der Waals surface area contributed by atoms with Gasteiger partial charge in [-0.15, -0.1) is 0 Å². The molecule has 0 spiro atoms. The van der Waals surface area contributed by atoms with Gasteiger partial charge in [-0.25, -0.2) is 0 Å². The maximum absolute atomic E-state index is 11.7. The third kappa shape index (κ3) is 10.9. The van der Waals surface area contributed by atoms with Gasteiger partial charge in [-0.1, -0.05) is 6.92 Å². The quantitative estimate of drug-likeness (QED) is 0.462. The van der Waals surface area contributed by atoms with Crippen LogP contribution in [0.2, 0.25) is 0 Å². The van der Waals surface area contributed by atoms with Crippen molar-refractivity contribution in [3.05, 3.63) is 0 Å². The molecule has 0 fully saturated rings. The minimum absolute atomic E-state index is 0.110. The van der Waals surface area contributed by atoms with Gasteiger partial charge in [-0.2, -0.15) is 0 Å². The van der Waals surface area contributed by atoms with Gasteiger partial charge in [0.05, 0.1) is 6.42 Å². The summed E-state index contributed by atoms with van der Waals surface area (Å²) in [5.41, 5.74) is 5.27. The van der Waals surface area contributed by atoms with Crippen LogP contribution >= 0.6 is 0 Å². The number of nitrogens with two attached hydrogens (primary N) is 1. The van der Waals surface area contributed by atoms with E-state index in [2.05, 4.69) is 4.74 Å². The number of ether oxygens (including phenoxy) is 2. The Hall–Kier alpha value is -1.47. The largest absolute Gasteiger partial charge is 0.462 e. The Labute approximate surface area is 125 Å². The molecule has 0 unspecified atom stereocenters. The third-order valence-electron chi connectivity index (χ3n) is 2.69. The molecule has 0 heterocycles. The number of hydrogen-bond acceptors (Lipinski definition) is 7. The van der Waals surface area contributed by atoms with Crippen LogP contribution in [-0.4, -0.2) is 56.1 Å². The summed E-state index contributed by atoms with van der Waals surface area (Å²) in [6.07, 6.45) is 0.636. The zero-order chi connectivity index (χ0) is 16.3. The summed E-state index contributed by atoms with van der Waals surface area (Å²) in [7, 11) is 3.76. The Kier molecular flexibility index (Phi) is 10.4. The molecule has 0 aliphatic heterocycles. The summed E-state index contributed by atoms with van der Waals surface area (Å²) in [5, 5.41) is 0. The first kappa shape index (κ1) is 19.5. The number of hydrogen-bond donors (Lipinski definition) is 1. The molecule has 0 bridgehead atoms. The second-order valence-corrected chi connectivity index (χ2v) is 5.00. The molecule has 2 N–H and O–H groups in total. The lowest BCUT2D eigenvalue weighted by Crippen LogP contribution is -2.27. The number of nitrogens with zero attached hydrogens (tertiary/aromatic N) is 1. The molecule has 1 atom stereocenters. The summed E-state index contributed by atoms with van der Waals surface area (Å²) in [6.45, 7) is 2.71. The fourth-order valence-electron chi connectivity index (χ4n) is 1.53. The van der Waals surface area contributed by atoms with E-state index in [4.69, 9.17) is 10.5 Å². The van der Waals surface area contributed by atoms with Crippen LogP contribution in [-0.2, 0) is 23.9 Å². The first-order valence-electron chi connectivity index (χ1n) is 7.16. The predicted molar refractivity (Wildman–Crippen MR) is 77.3 cm³/mol. The van der Waals surface area contributed by atoms with Gasteiger partial charge in [0, 0.05) is 19.4 Å². The molecule has 0 aromatic rings. The van der Waals surface area contributed by atoms with E-state index in [0.29, 0.717) is 25.9 Å². The summed E-state index contributed by atoms with van der Waals surface area (Å²) in [6, 6.07) is 0. The third-order valence-corrected chi connectivity index (χ3v) is 2.69. The standard InChI is InChI=1S/C14H26N2O5/c1-4-12(17)20-11(7-9-16(2)3)10-14(19)21-13(18)6-5-8-15/h11H,4-10,15H2,1-3H3/t11-/m0/s1. The van der Waals surface area contributed by atoms with Gasteiger partial charge in [0.15, 0.2) is 0 Å². The molecule has 7 heteroatoms. The van der Waals surface area contributed by atoms with Crippen LogP contribution < -0.4 is 5.73 Å². The SMILES string of the molecule is CCC(=O)O[C@@H](CCN(C)C)CC(=O)OC(=O)CCCN.